The van der Waals surface area contributed by atoms with Crippen molar-refractivity contribution in [2.45, 2.75) is 26.3 Å². The second-order valence-corrected chi connectivity index (χ2v) is 4.82. The van der Waals surface area contributed by atoms with Crippen molar-refractivity contribution in [2.75, 3.05) is 6.54 Å². The zero-order valence-electron chi connectivity index (χ0n) is 13.7. The minimum atomic E-state index is -1.31. The van der Waals surface area contributed by atoms with E-state index in [2.05, 4.69) is 0 Å². The van der Waals surface area contributed by atoms with Gasteiger partial charge in [0.1, 0.15) is 11.4 Å². The maximum Gasteiger partial charge on any atom is 1.00 e. The molecule has 0 unspecified atom stereocenters. The molecule has 0 fully saturated rings. The number of nitrogens with zero attached hydrogens (tertiary/aromatic N) is 1. The molecule has 0 saturated heterocycles. The minimum absolute atomic E-state index is 0. The molecule has 0 amide bonds. The van der Waals surface area contributed by atoms with E-state index in [1.165, 1.54) is 6.20 Å². The van der Waals surface area contributed by atoms with Gasteiger partial charge in [-0.3, -0.25) is 4.79 Å². The summed E-state index contributed by atoms with van der Waals surface area (Å²) in [6.45, 7) is 2.77. The van der Waals surface area contributed by atoms with Crippen molar-refractivity contribution >= 4 is 16.9 Å². The summed E-state index contributed by atoms with van der Waals surface area (Å²) in [6, 6.07) is 2.74. The maximum atomic E-state index is 14.1. The smallest absolute Gasteiger partial charge is 1.00 e. The van der Waals surface area contributed by atoms with Gasteiger partial charge in [0.05, 0.1) is 5.52 Å². The molecule has 3 N–H and O–H groups in total. The van der Waals surface area contributed by atoms with Crippen molar-refractivity contribution < 1.29 is 45.3 Å². The van der Waals surface area contributed by atoms with Crippen LogP contribution in [0.3, 0.4) is 0 Å². The normalized spacial score (nSPS) is 10.5. The number of carboxylic acid groups (broad SMARTS) is 1. The molecule has 0 spiro atoms. The van der Waals surface area contributed by atoms with E-state index in [4.69, 9.17) is 10.8 Å². The number of carboxylic acids is 1. The molecule has 5 nitrogen and oxygen atoms in total. The Morgan fingerprint density at radius 3 is 2.68 bits per heavy atom. The number of hydrogen-bond acceptors (Lipinski definition) is 3. The fraction of sp³-hybridized carbons (Fsp3) is 0.333. The fourth-order valence-corrected chi connectivity index (χ4v) is 2.35. The molecule has 1 aromatic carbocycles. The number of hydrogen-bond donors (Lipinski definition) is 2. The first-order chi connectivity index (χ1) is 9.99. The average Bonchev–Trinajstić information content (AvgIpc) is 2.46. The SMILES string of the molecule is CCn1cc(C(=O)O)c(=O)c2cc(F)c(CCCN)cc21.[H-].[Na+]. The second kappa shape index (κ2) is 7.87. The molecular formula is C15H18FN2NaO3. The summed E-state index contributed by atoms with van der Waals surface area (Å²) in [7, 11) is 0. The molecule has 0 aliphatic heterocycles. The monoisotopic (exact) mass is 316 g/mol. The summed E-state index contributed by atoms with van der Waals surface area (Å²) < 4.78 is 15.7. The minimum Gasteiger partial charge on any atom is -1.00 e. The van der Waals surface area contributed by atoms with Crippen molar-refractivity contribution in [1.29, 1.82) is 0 Å². The number of carbonyl (C=O) groups is 1. The van der Waals surface area contributed by atoms with Gasteiger partial charge < -0.3 is 16.8 Å². The first kappa shape index (κ1) is 18.8. The van der Waals surface area contributed by atoms with Crippen LogP contribution in [0.2, 0.25) is 0 Å². The molecule has 2 rings (SSSR count). The second-order valence-electron chi connectivity index (χ2n) is 4.82. The van der Waals surface area contributed by atoms with E-state index in [0.29, 0.717) is 37.0 Å². The predicted molar refractivity (Wildman–Crippen MR) is 79.3 cm³/mol. The molecular weight excluding hydrogens is 298 g/mol. The first-order valence-electron chi connectivity index (χ1n) is 6.78. The Bertz CT molecular complexity index is 764. The number of rotatable bonds is 5. The molecule has 0 atom stereocenters. The zero-order chi connectivity index (χ0) is 15.6. The van der Waals surface area contributed by atoms with Crippen molar-refractivity contribution in [3.63, 3.8) is 0 Å². The van der Waals surface area contributed by atoms with E-state index in [-0.39, 0.29) is 41.9 Å². The summed E-state index contributed by atoms with van der Waals surface area (Å²) in [5.74, 6) is -1.81. The van der Waals surface area contributed by atoms with Crippen molar-refractivity contribution in [3.8, 4) is 0 Å². The number of benzene rings is 1. The van der Waals surface area contributed by atoms with Gasteiger partial charge in [-0.15, -0.1) is 0 Å². The number of fused-ring (bicyclic) bond motifs is 1. The van der Waals surface area contributed by atoms with Gasteiger partial charge >= 0.3 is 35.5 Å². The standard InChI is InChI=1S/C15H17FN2O3.Na.H/c1-2-18-8-11(15(20)21)14(19)10-7-12(16)9(4-3-5-17)6-13(10)18;;/h6-8H,2-5,17H2,1H3,(H,20,21);;/q;+1;-1. The van der Waals surface area contributed by atoms with Crippen molar-refractivity contribution in [3.05, 3.63) is 45.5 Å². The molecule has 22 heavy (non-hydrogen) atoms. The predicted octanol–water partition coefficient (Wildman–Crippen LogP) is -1.13. The fourth-order valence-electron chi connectivity index (χ4n) is 2.35. The van der Waals surface area contributed by atoms with E-state index >= 15 is 0 Å². The third-order valence-electron chi connectivity index (χ3n) is 3.47. The molecule has 2 aromatic rings. The van der Waals surface area contributed by atoms with Gasteiger partial charge in [0.15, 0.2) is 0 Å². The van der Waals surface area contributed by atoms with Gasteiger partial charge in [0.25, 0.3) is 0 Å². The van der Waals surface area contributed by atoms with Gasteiger partial charge in [-0.25, -0.2) is 9.18 Å². The van der Waals surface area contributed by atoms with Gasteiger partial charge in [-0.1, -0.05) is 0 Å². The number of halogens is 1. The van der Waals surface area contributed by atoms with Crippen LogP contribution in [0.4, 0.5) is 4.39 Å². The summed E-state index contributed by atoms with van der Waals surface area (Å²) in [5.41, 5.74) is 5.45. The van der Waals surface area contributed by atoms with Crippen LogP contribution in [0, 0.1) is 5.82 Å². The molecule has 114 valence electrons. The third-order valence-corrected chi connectivity index (χ3v) is 3.47. The molecule has 0 aliphatic rings. The number of aromatic nitrogens is 1. The molecule has 7 heteroatoms. The Morgan fingerprint density at radius 1 is 1.45 bits per heavy atom. The van der Waals surface area contributed by atoms with Crippen LogP contribution in [0.25, 0.3) is 10.9 Å². The van der Waals surface area contributed by atoms with Gasteiger partial charge in [0.2, 0.25) is 5.43 Å². The van der Waals surface area contributed by atoms with Crippen LogP contribution < -0.4 is 40.7 Å². The number of pyridine rings is 1. The Morgan fingerprint density at radius 2 is 2.14 bits per heavy atom. The maximum absolute atomic E-state index is 14.1. The topological polar surface area (TPSA) is 85.3 Å². The number of aryl methyl sites for hydroxylation is 2. The average molecular weight is 316 g/mol. The van der Waals surface area contributed by atoms with E-state index in [1.807, 2.05) is 6.92 Å². The molecule has 0 radical (unpaired) electrons. The zero-order valence-corrected chi connectivity index (χ0v) is 14.7. The quantitative estimate of drug-likeness (QED) is 0.683. The largest absolute Gasteiger partial charge is 1.00 e. The number of nitrogens with two attached hydrogens (primary N) is 1. The van der Waals surface area contributed by atoms with E-state index < -0.39 is 17.2 Å². The van der Waals surface area contributed by atoms with E-state index in [9.17, 15) is 14.0 Å². The molecule has 0 aliphatic carbocycles. The van der Waals surface area contributed by atoms with Crippen LogP contribution in [0.15, 0.2) is 23.1 Å². The summed E-state index contributed by atoms with van der Waals surface area (Å²) in [4.78, 5) is 23.2. The van der Waals surface area contributed by atoms with Crippen molar-refractivity contribution in [2.24, 2.45) is 5.73 Å². The molecule has 1 heterocycles. The Labute approximate surface area is 150 Å². The third kappa shape index (κ3) is 3.57. The van der Waals surface area contributed by atoms with Gasteiger partial charge in [-0.2, -0.15) is 0 Å². The first-order valence-corrected chi connectivity index (χ1v) is 6.78. The van der Waals surface area contributed by atoms with Crippen LogP contribution in [-0.2, 0) is 13.0 Å². The molecule has 0 saturated carbocycles. The van der Waals surface area contributed by atoms with E-state index in [1.54, 1.807) is 10.6 Å². The number of aromatic carboxylic acids is 1. The van der Waals surface area contributed by atoms with Crippen molar-refractivity contribution in [1.82, 2.24) is 4.57 Å². The van der Waals surface area contributed by atoms with Crippen LogP contribution >= 0.6 is 0 Å². The Kier molecular flexibility index (Phi) is 6.74. The van der Waals surface area contributed by atoms with E-state index in [0.717, 1.165) is 6.07 Å². The van der Waals surface area contributed by atoms with Crippen LogP contribution in [0.5, 0.6) is 0 Å². The summed E-state index contributed by atoms with van der Waals surface area (Å²) in [5, 5.41) is 9.15. The van der Waals surface area contributed by atoms with Crippen LogP contribution in [-0.4, -0.2) is 22.2 Å². The Balaban J connectivity index is 0.00000242. The molecule has 1 aromatic heterocycles. The Hall–Kier alpha value is -1.21. The summed E-state index contributed by atoms with van der Waals surface area (Å²) in [6.07, 6.45) is 2.43. The summed E-state index contributed by atoms with van der Waals surface area (Å²) >= 11 is 0. The molecule has 0 bridgehead atoms. The van der Waals surface area contributed by atoms with Crippen LogP contribution in [0.1, 0.15) is 30.7 Å². The van der Waals surface area contributed by atoms with Gasteiger partial charge in [0, 0.05) is 18.1 Å². The van der Waals surface area contributed by atoms with Gasteiger partial charge in [-0.05, 0) is 44.0 Å².